The summed E-state index contributed by atoms with van der Waals surface area (Å²) in [6.07, 6.45) is 0. The third-order valence-corrected chi connectivity index (χ3v) is 6.11. The minimum atomic E-state index is -0.884. The number of aromatic nitrogens is 2. The van der Waals surface area contributed by atoms with E-state index in [1.54, 1.807) is 35.7 Å². The molecule has 0 spiro atoms. The fraction of sp³-hybridized carbons (Fsp3) is 0.200. The molecule has 30 heavy (non-hydrogen) atoms. The van der Waals surface area contributed by atoms with Crippen molar-refractivity contribution in [3.63, 3.8) is 0 Å². The van der Waals surface area contributed by atoms with Gasteiger partial charge in [0, 0.05) is 0 Å². The fourth-order valence-corrected chi connectivity index (χ4v) is 4.56. The van der Waals surface area contributed by atoms with E-state index in [4.69, 9.17) is 9.47 Å². The molecule has 0 fully saturated rings. The normalized spacial score (nSPS) is 16.3. The number of hydrogen-bond acceptors (Lipinski definition) is 9. The number of ketones is 1. The highest BCUT2D eigenvalue weighted by Crippen LogP contribution is 2.44. The van der Waals surface area contributed by atoms with Crippen molar-refractivity contribution in [2.24, 2.45) is 0 Å². The van der Waals surface area contributed by atoms with Gasteiger partial charge in [0.25, 0.3) is 5.91 Å². The van der Waals surface area contributed by atoms with E-state index in [1.165, 1.54) is 28.9 Å². The Hall–Kier alpha value is -3.24. The zero-order valence-electron chi connectivity index (χ0n) is 16.1. The summed E-state index contributed by atoms with van der Waals surface area (Å²) in [7, 11) is 1.53. The second kappa shape index (κ2) is 8.25. The summed E-state index contributed by atoms with van der Waals surface area (Å²) < 4.78 is 11.0. The number of hydrogen-bond donors (Lipinski definition) is 1. The highest BCUT2D eigenvalue weighted by atomic mass is 32.1. The van der Waals surface area contributed by atoms with Crippen molar-refractivity contribution in [1.82, 2.24) is 10.2 Å². The number of aliphatic hydroxyl groups excluding tert-OH is 1. The number of carbonyl (C=O) groups is 2. The molecule has 3 aromatic rings. The van der Waals surface area contributed by atoms with Crippen LogP contribution in [-0.4, -0.2) is 40.7 Å². The summed E-state index contributed by atoms with van der Waals surface area (Å²) in [5.74, 6) is -0.724. The first-order valence-electron chi connectivity index (χ1n) is 8.98. The Morgan fingerprint density at radius 3 is 2.73 bits per heavy atom. The Balaban J connectivity index is 1.88. The first kappa shape index (κ1) is 20.0. The molecular weight excluding hydrogens is 426 g/mol. The monoisotopic (exact) mass is 443 g/mol. The number of Topliss-reactive ketones (excluding diaryl/α,β-unsaturated/α-hetero) is 1. The van der Waals surface area contributed by atoms with Gasteiger partial charge in [-0.15, -0.1) is 21.5 Å². The van der Waals surface area contributed by atoms with Gasteiger partial charge in [-0.05, 0) is 36.1 Å². The quantitative estimate of drug-likeness (QED) is 0.554. The zero-order valence-corrected chi connectivity index (χ0v) is 17.7. The summed E-state index contributed by atoms with van der Waals surface area (Å²) in [6.45, 7) is 2.25. The van der Waals surface area contributed by atoms with Crippen molar-refractivity contribution < 1.29 is 24.2 Å². The van der Waals surface area contributed by atoms with Gasteiger partial charge >= 0.3 is 0 Å². The van der Waals surface area contributed by atoms with Gasteiger partial charge in [0.05, 0.1) is 30.2 Å². The molecule has 3 heterocycles. The van der Waals surface area contributed by atoms with Crippen LogP contribution in [0, 0.1) is 0 Å². The zero-order chi connectivity index (χ0) is 21.3. The number of aliphatic hydroxyl groups is 1. The van der Waals surface area contributed by atoms with Crippen LogP contribution in [0.5, 0.6) is 11.5 Å². The van der Waals surface area contributed by atoms with Crippen LogP contribution in [-0.2, 0) is 4.79 Å². The van der Waals surface area contributed by atoms with Crippen molar-refractivity contribution in [2.45, 2.75) is 13.0 Å². The maximum Gasteiger partial charge on any atom is 0.296 e. The minimum absolute atomic E-state index is 0.00901. The number of amides is 1. The topological polar surface area (TPSA) is 102 Å². The van der Waals surface area contributed by atoms with Crippen molar-refractivity contribution in [2.75, 3.05) is 18.6 Å². The molecule has 10 heteroatoms. The van der Waals surface area contributed by atoms with Gasteiger partial charge in [-0.3, -0.25) is 14.5 Å². The molecule has 1 amide bonds. The molecule has 1 aromatic carbocycles. The number of benzene rings is 1. The molecule has 1 aliphatic heterocycles. The van der Waals surface area contributed by atoms with E-state index in [0.717, 1.165) is 11.3 Å². The summed E-state index contributed by atoms with van der Waals surface area (Å²) >= 11 is 2.38. The number of thiophene rings is 1. The lowest BCUT2D eigenvalue weighted by atomic mass is 9.95. The maximum atomic E-state index is 13.2. The Morgan fingerprint density at radius 1 is 1.27 bits per heavy atom. The largest absolute Gasteiger partial charge is 0.503 e. The maximum absolute atomic E-state index is 13.2. The van der Waals surface area contributed by atoms with E-state index in [0.29, 0.717) is 28.5 Å². The SMILES string of the molecule is CCOc1cc(C2C(C(=O)c3cccs3)=C(O)C(=O)N2c2nncs2)ccc1OC. The molecule has 154 valence electrons. The highest BCUT2D eigenvalue weighted by Gasteiger charge is 2.46. The van der Waals surface area contributed by atoms with Crippen LogP contribution in [0.15, 0.2) is 52.6 Å². The van der Waals surface area contributed by atoms with Crippen molar-refractivity contribution in [1.29, 1.82) is 0 Å². The van der Waals surface area contributed by atoms with Crippen LogP contribution in [0.2, 0.25) is 0 Å². The van der Waals surface area contributed by atoms with Gasteiger partial charge in [0.2, 0.25) is 10.9 Å². The first-order chi connectivity index (χ1) is 14.6. The van der Waals surface area contributed by atoms with Gasteiger partial charge in [-0.1, -0.05) is 23.5 Å². The Labute approximate surface area is 180 Å². The van der Waals surface area contributed by atoms with Gasteiger partial charge in [-0.25, -0.2) is 0 Å². The molecule has 2 aromatic heterocycles. The van der Waals surface area contributed by atoms with Gasteiger partial charge in [0.1, 0.15) is 5.51 Å². The molecule has 0 aliphatic carbocycles. The van der Waals surface area contributed by atoms with E-state index in [-0.39, 0.29) is 10.7 Å². The molecule has 8 nitrogen and oxygen atoms in total. The van der Waals surface area contributed by atoms with Gasteiger partial charge in [-0.2, -0.15) is 0 Å². The number of methoxy groups -OCH3 is 1. The van der Waals surface area contributed by atoms with E-state index in [1.807, 2.05) is 6.92 Å². The van der Waals surface area contributed by atoms with E-state index in [2.05, 4.69) is 10.2 Å². The molecule has 1 unspecified atom stereocenters. The first-order valence-corrected chi connectivity index (χ1v) is 10.7. The standard InChI is InChI=1S/C20H17N3O5S2/c1-3-28-13-9-11(6-7-12(13)27-2)16-15(17(24)14-5-4-8-29-14)18(25)19(26)23(16)20-22-21-10-30-20/h4-10,16,25H,3H2,1-2H3. The number of anilines is 1. The Bertz CT molecular complexity index is 1110. The second-order valence-corrected chi connectivity index (χ2v) is 7.97. The van der Waals surface area contributed by atoms with Crippen LogP contribution in [0.1, 0.15) is 28.2 Å². The number of rotatable bonds is 7. The predicted molar refractivity (Wildman–Crippen MR) is 113 cm³/mol. The highest BCUT2D eigenvalue weighted by molar-refractivity contribution is 7.13. The van der Waals surface area contributed by atoms with Crippen molar-refractivity contribution in [3.05, 3.63) is 63.0 Å². The smallest absolute Gasteiger partial charge is 0.296 e. The molecule has 0 saturated heterocycles. The van der Waals surface area contributed by atoms with E-state index < -0.39 is 23.5 Å². The predicted octanol–water partition coefficient (Wildman–Crippen LogP) is 3.79. The Morgan fingerprint density at radius 2 is 2.10 bits per heavy atom. The van der Waals surface area contributed by atoms with Gasteiger partial charge < -0.3 is 14.6 Å². The third kappa shape index (κ3) is 3.33. The van der Waals surface area contributed by atoms with Crippen LogP contribution in [0.3, 0.4) is 0 Å². The summed E-state index contributed by atoms with van der Waals surface area (Å²) in [6, 6.07) is 7.64. The van der Waals surface area contributed by atoms with Gasteiger partial charge in [0.15, 0.2) is 17.3 Å². The van der Waals surface area contributed by atoms with Crippen molar-refractivity contribution in [3.8, 4) is 11.5 Å². The second-order valence-electron chi connectivity index (χ2n) is 6.21. The van der Waals surface area contributed by atoms with E-state index >= 15 is 0 Å². The lowest BCUT2D eigenvalue weighted by Gasteiger charge is -2.24. The molecule has 1 N–H and O–H groups in total. The van der Waals surface area contributed by atoms with Crippen LogP contribution in [0.25, 0.3) is 0 Å². The summed E-state index contributed by atoms with van der Waals surface area (Å²) in [5, 5.41) is 20.5. The van der Waals surface area contributed by atoms with E-state index in [9.17, 15) is 14.7 Å². The molecule has 0 saturated carbocycles. The molecular formula is C20H17N3O5S2. The van der Waals surface area contributed by atoms with Crippen molar-refractivity contribution >= 4 is 39.5 Å². The fourth-order valence-electron chi connectivity index (χ4n) is 3.29. The lowest BCUT2D eigenvalue weighted by Crippen LogP contribution is -2.31. The lowest BCUT2D eigenvalue weighted by molar-refractivity contribution is -0.117. The summed E-state index contributed by atoms with van der Waals surface area (Å²) in [4.78, 5) is 27.9. The molecule has 1 atom stereocenters. The average molecular weight is 444 g/mol. The average Bonchev–Trinajstić information content (AvgIpc) is 3.50. The van der Waals surface area contributed by atoms with Crippen LogP contribution < -0.4 is 14.4 Å². The number of nitrogens with zero attached hydrogens (tertiary/aromatic N) is 3. The number of ether oxygens (including phenoxy) is 2. The van der Waals surface area contributed by atoms with Crippen LogP contribution >= 0.6 is 22.7 Å². The molecule has 0 radical (unpaired) electrons. The molecule has 1 aliphatic rings. The Kier molecular flexibility index (Phi) is 5.51. The molecule has 0 bridgehead atoms. The van der Waals surface area contributed by atoms with Crippen LogP contribution in [0.4, 0.5) is 5.13 Å². The minimum Gasteiger partial charge on any atom is -0.503 e. The number of carbonyl (C=O) groups excluding carboxylic acids is 2. The third-order valence-electron chi connectivity index (χ3n) is 4.56. The molecule has 4 rings (SSSR count). The summed E-state index contributed by atoms with van der Waals surface area (Å²) in [5.41, 5.74) is 2.05.